The van der Waals surface area contributed by atoms with Crippen molar-refractivity contribution >= 4 is 34.7 Å². The maximum Gasteiger partial charge on any atom is 0.230 e. The Balaban J connectivity index is 1.63. The SMILES string of the molecule is CSc1ccc(NC(=O)Cc2csc(-c3cccnc3)n2)cc1. The van der Waals surface area contributed by atoms with E-state index in [0.29, 0.717) is 0 Å². The second-order valence-electron chi connectivity index (χ2n) is 4.84. The van der Waals surface area contributed by atoms with Crippen LogP contribution in [0.1, 0.15) is 5.69 Å². The summed E-state index contributed by atoms with van der Waals surface area (Å²) in [6, 6.07) is 11.6. The molecule has 3 aromatic rings. The predicted molar refractivity (Wildman–Crippen MR) is 95.9 cm³/mol. The summed E-state index contributed by atoms with van der Waals surface area (Å²) in [5.74, 6) is -0.0649. The van der Waals surface area contributed by atoms with Gasteiger partial charge in [0.2, 0.25) is 5.91 Å². The predicted octanol–water partition coefficient (Wildman–Crippen LogP) is 4.11. The smallest absolute Gasteiger partial charge is 0.230 e. The molecule has 23 heavy (non-hydrogen) atoms. The normalized spacial score (nSPS) is 10.5. The van der Waals surface area contributed by atoms with Gasteiger partial charge >= 0.3 is 0 Å². The molecule has 0 aliphatic rings. The summed E-state index contributed by atoms with van der Waals surface area (Å²) < 4.78 is 0. The van der Waals surface area contributed by atoms with Gasteiger partial charge in [-0.2, -0.15) is 0 Å². The monoisotopic (exact) mass is 341 g/mol. The van der Waals surface area contributed by atoms with Crippen molar-refractivity contribution in [3.05, 3.63) is 59.9 Å². The van der Waals surface area contributed by atoms with Gasteiger partial charge in [0.15, 0.2) is 0 Å². The summed E-state index contributed by atoms with van der Waals surface area (Å²) >= 11 is 3.20. The number of benzene rings is 1. The zero-order valence-electron chi connectivity index (χ0n) is 12.5. The number of carbonyl (C=O) groups excluding carboxylic acids is 1. The van der Waals surface area contributed by atoms with E-state index in [-0.39, 0.29) is 12.3 Å². The first-order chi connectivity index (χ1) is 11.2. The van der Waals surface area contributed by atoms with Gasteiger partial charge < -0.3 is 5.32 Å². The fourth-order valence-corrected chi connectivity index (χ4v) is 3.27. The van der Waals surface area contributed by atoms with Crippen LogP contribution in [0.15, 0.2) is 59.1 Å². The molecule has 0 unspecified atom stereocenters. The van der Waals surface area contributed by atoms with Crippen LogP contribution in [-0.2, 0) is 11.2 Å². The molecule has 0 saturated heterocycles. The lowest BCUT2D eigenvalue weighted by atomic mass is 10.2. The summed E-state index contributed by atoms with van der Waals surface area (Å²) in [5.41, 5.74) is 2.54. The van der Waals surface area contributed by atoms with Gasteiger partial charge in [0.1, 0.15) is 5.01 Å². The molecule has 0 atom stereocenters. The van der Waals surface area contributed by atoms with Crippen LogP contribution in [0.25, 0.3) is 10.6 Å². The molecule has 0 aliphatic heterocycles. The maximum atomic E-state index is 12.1. The number of pyridine rings is 1. The first kappa shape index (κ1) is 15.7. The highest BCUT2D eigenvalue weighted by molar-refractivity contribution is 7.98. The van der Waals surface area contributed by atoms with Gasteiger partial charge in [0, 0.05) is 33.9 Å². The number of nitrogens with one attached hydrogen (secondary N) is 1. The third-order valence-electron chi connectivity index (χ3n) is 3.18. The lowest BCUT2D eigenvalue weighted by Gasteiger charge is -2.04. The van der Waals surface area contributed by atoms with Gasteiger partial charge in [0.05, 0.1) is 12.1 Å². The minimum absolute atomic E-state index is 0.0649. The second-order valence-corrected chi connectivity index (χ2v) is 6.58. The molecule has 4 nitrogen and oxygen atoms in total. The Hall–Kier alpha value is -2.18. The number of hydrogen-bond acceptors (Lipinski definition) is 5. The number of amides is 1. The minimum atomic E-state index is -0.0649. The molecule has 1 aromatic carbocycles. The quantitative estimate of drug-likeness (QED) is 0.710. The average Bonchev–Trinajstić information content (AvgIpc) is 3.04. The Morgan fingerprint density at radius 1 is 1.26 bits per heavy atom. The van der Waals surface area contributed by atoms with E-state index in [1.54, 1.807) is 24.2 Å². The van der Waals surface area contributed by atoms with Crippen molar-refractivity contribution in [2.75, 3.05) is 11.6 Å². The summed E-state index contributed by atoms with van der Waals surface area (Å²) in [6.45, 7) is 0. The topological polar surface area (TPSA) is 54.9 Å². The van der Waals surface area contributed by atoms with Gasteiger partial charge in [-0.1, -0.05) is 0 Å². The largest absolute Gasteiger partial charge is 0.326 e. The fourth-order valence-electron chi connectivity index (χ4n) is 2.05. The van der Waals surface area contributed by atoms with Crippen LogP contribution in [0, 0.1) is 0 Å². The van der Waals surface area contributed by atoms with E-state index in [4.69, 9.17) is 0 Å². The number of anilines is 1. The van der Waals surface area contributed by atoms with E-state index >= 15 is 0 Å². The van der Waals surface area contributed by atoms with Crippen molar-refractivity contribution in [2.45, 2.75) is 11.3 Å². The van der Waals surface area contributed by atoms with Crippen LogP contribution in [0.3, 0.4) is 0 Å². The van der Waals surface area contributed by atoms with Crippen molar-refractivity contribution in [3.63, 3.8) is 0 Å². The molecule has 116 valence electrons. The molecule has 1 amide bonds. The molecule has 0 spiro atoms. The summed E-state index contributed by atoms with van der Waals surface area (Å²) in [5, 5.41) is 5.69. The van der Waals surface area contributed by atoms with Gasteiger partial charge in [0.25, 0.3) is 0 Å². The van der Waals surface area contributed by atoms with E-state index < -0.39 is 0 Å². The van der Waals surface area contributed by atoms with Crippen LogP contribution >= 0.6 is 23.1 Å². The highest BCUT2D eigenvalue weighted by Gasteiger charge is 2.09. The maximum absolute atomic E-state index is 12.1. The molecular weight excluding hydrogens is 326 g/mol. The lowest BCUT2D eigenvalue weighted by molar-refractivity contribution is -0.115. The van der Waals surface area contributed by atoms with Crippen LogP contribution in [0.2, 0.25) is 0 Å². The molecule has 6 heteroatoms. The van der Waals surface area contributed by atoms with Crippen molar-refractivity contribution in [1.29, 1.82) is 0 Å². The lowest BCUT2D eigenvalue weighted by Crippen LogP contribution is -2.14. The molecule has 1 N–H and O–H groups in total. The van der Waals surface area contributed by atoms with E-state index in [1.165, 1.54) is 16.2 Å². The Morgan fingerprint density at radius 2 is 2.09 bits per heavy atom. The molecule has 0 saturated carbocycles. The van der Waals surface area contributed by atoms with Gasteiger partial charge in [-0.3, -0.25) is 9.78 Å². The summed E-state index contributed by atoms with van der Waals surface area (Å²) in [7, 11) is 0. The third kappa shape index (κ3) is 4.18. The van der Waals surface area contributed by atoms with Crippen molar-refractivity contribution in [3.8, 4) is 10.6 Å². The third-order valence-corrected chi connectivity index (χ3v) is 4.86. The highest BCUT2D eigenvalue weighted by Crippen LogP contribution is 2.23. The zero-order chi connectivity index (χ0) is 16.1. The molecule has 3 rings (SSSR count). The van der Waals surface area contributed by atoms with Gasteiger partial charge in [-0.25, -0.2) is 4.98 Å². The first-order valence-electron chi connectivity index (χ1n) is 7.03. The Morgan fingerprint density at radius 3 is 2.78 bits per heavy atom. The van der Waals surface area contributed by atoms with Crippen LogP contribution < -0.4 is 5.32 Å². The van der Waals surface area contributed by atoms with Crippen LogP contribution in [-0.4, -0.2) is 22.1 Å². The van der Waals surface area contributed by atoms with E-state index in [0.717, 1.165) is 22.0 Å². The molecule has 0 fully saturated rings. The number of aromatic nitrogens is 2. The first-order valence-corrected chi connectivity index (χ1v) is 9.14. The highest BCUT2D eigenvalue weighted by atomic mass is 32.2. The van der Waals surface area contributed by atoms with Crippen LogP contribution in [0.4, 0.5) is 5.69 Å². The van der Waals surface area contributed by atoms with Gasteiger partial charge in [-0.05, 0) is 42.7 Å². The fraction of sp³-hybridized carbons (Fsp3) is 0.118. The molecule has 0 bridgehead atoms. The number of carbonyl (C=O) groups is 1. The standard InChI is InChI=1S/C17H15N3OS2/c1-22-15-6-4-13(5-7-15)19-16(21)9-14-11-23-17(20-14)12-3-2-8-18-10-12/h2-8,10-11H,9H2,1H3,(H,19,21). The average molecular weight is 341 g/mol. The van der Waals surface area contributed by atoms with E-state index in [1.807, 2.05) is 48.0 Å². The summed E-state index contributed by atoms with van der Waals surface area (Å²) in [4.78, 5) is 21.9. The second kappa shape index (κ2) is 7.39. The molecule has 2 aromatic heterocycles. The number of rotatable bonds is 5. The van der Waals surface area contributed by atoms with Crippen molar-refractivity contribution in [2.24, 2.45) is 0 Å². The molecule has 0 radical (unpaired) electrons. The molecule has 0 aliphatic carbocycles. The zero-order valence-corrected chi connectivity index (χ0v) is 14.2. The van der Waals surface area contributed by atoms with E-state index in [9.17, 15) is 4.79 Å². The minimum Gasteiger partial charge on any atom is -0.326 e. The van der Waals surface area contributed by atoms with Crippen molar-refractivity contribution < 1.29 is 4.79 Å². The molecular formula is C17H15N3OS2. The Bertz CT molecular complexity index is 785. The number of thioether (sulfide) groups is 1. The molecule has 2 heterocycles. The Labute approximate surface area is 143 Å². The number of thiazole rings is 1. The Kier molecular flexibility index (Phi) is 5.05. The summed E-state index contributed by atoms with van der Waals surface area (Å²) in [6.07, 6.45) is 5.79. The van der Waals surface area contributed by atoms with Gasteiger partial charge in [-0.15, -0.1) is 23.1 Å². The van der Waals surface area contributed by atoms with Crippen molar-refractivity contribution in [1.82, 2.24) is 9.97 Å². The number of hydrogen-bond donors (Lipinski definition) is 1. The van der Waals surface area contributed by atoms with E-state index in [2.05, 4.69) is 15.3 Å². The van der Waals surface area contributed by atoms with Crippen LogP contribution in [0.5, 0.6) is 0 Å². The number of nitrogens with zero attached hydrogens (tertiary/aromatic N) is 2.